The predicted molar refractivity (Wildman–Crippen MR) is 84.1 cm³/mol. The molecular weight excluding hydrogens is 236 g/mol. The second kappa shape index (κ2) is 9.54. The summed E-state index contributed by atoms with van der Waals surface area (Å²) in [6.45, 7) is 6.28. The van der Waals surface area contributed by atoms with Gasteiger partial charge in [0, 0.05) is 24.8 Å². The van der Waals surface area contributed by atoms with Crippen LogP contribution in [0.25, 0.3) is 0 Å². The van der Waals surface area contributed by atoms with Crippen LogP contribution in [-0.2, 0) is 0 Å². The van der Waals surface area contributed by atoms with Crippen LogP contribution in [0.3, 0.4) is 0 Å². The molecule has 19 heavy (non-hydrogen) atoms. The van der Waals surface area contributed by atoms with Gasteiger partial charge in [0.15, 0.2) is 0 Å². The van der Waals surface area contributed by atoms with E-state index >= 15 is 0 Å². The zero-order chi connectivity index (χ0) is 13.9. The zero-order valence-corrected chi connectivity index (χ0v) is 12.3. The van der Waals surface area contributed by atoms with Gasteiger partial charge in [-0.05, 0) is 25.0 Å². The van der Waals surface area contributed by atoms with Crippen molar-refractivity contribution in [1.29, 1.82) is 0 Å². The van der Waals surface area contributed by atoms with Crippen LogP contribution in [0.2, 0.25) is 0 Å². The number of phenols is 1. The van der Waals surface area contributed by atoms with Crippen molar-refractivity contribution in [3.8, 4) is 5.75 Å². The van der Waals surface area contributed by atoms with Crippen molar-refractivity contribution in [1.82, 2.24) is 0 Å². The van der Waals surface area contributed by atoms with E-state index < -0.39 is 0 Å². The number of aromatic hydroxyl groups is 1. The highest BCUT2D eigenvalue weighted by atomic mass is 16.3. The minimum Gasteiger partial charge on any atom is -0.506 e. The van der Waals surface area contributed by atoms with Gasteiger partial charge in [-0.1, -0.05) is 39.5 Å². The monoisotopic (exact) mass is 264 g/mol. The lowest BCUT2D eigenvalue weighted by molar-refractivity contribution is 0.477. The Morgan fingerprint density at radius 1 is 0.895 bits per heavy atom. The van der Waals surface area contributed by atoms with Crippen LogP contribution >= 0.6 is 0 Å². The van der Waals surface area contributed by atoms with E-state index in [1.165, 1.54) is 32.1 Å². The van der Waals surface area contributed by atoms with E-state index in [4.69, 9.17) is 0 Å². The van der Waals surface area contributed by atoms with Gasteiger partial charge in [0.25, 0.3) is 0 Å². The van der Waals surface area contributed by atoms with Gasteiger partial charge in [-0.25, -0.2) is 0 Å². The topological polar surface area (TPSA) is 44.3 Å². The van der Waals surface area contributed by atoms with Gasteiger partial charge in [-0.2, -0.15) is 0 Å². The van der Waals surface area contributed by atoms with Crippen molar-refractivity contribution in [2.24, 2.45) is 0 Å². The highest BCUT2D eigenvalue weighted by Crippen LogP contribution is 2.26. The lowest BCUT2D eigenvalue weighted by Gasteiger charge is -2.11. The maximum atomic E-state index is 9.95. The number of unbranched alkanes of at least 4 members (excludes halogenated alkanes) is 4. The molecule has 1 rings (SSSR count). The molecule has 108 valence electrons. The number of benzene rings is 1. The summed E-state index contributed by atoms with van der Waals surface area (Å²) < 4.78 is 0. The Labute approximate surface area is 117 Å². The lowest BCUT2D eigenvalue weighted by Crippen LogP contribution is -2.03. The molecule has 0 aliphatic rings. The number of hydrogen-bond donors (Lipinski definition) is 3. The van der Waals surface area contributed by atoms with E-state index in [2.05, 4.69) is 24.5 Å². The summed E-state index contributed by atoms with van der Waals surface area (Å²) in [4.78, 5) is 0. The molecule has 0 amide bonds. The fourth-order valence-electron chi connectivity index (χ4n) is 2.00. The van der Waals surface area contributed by atoms with Crippen LogP contribution in [0.4, 0.5) is 11.4 Å². The second-order valence-corrected chi connectivity index (χ2v) is 5.00. The molecule has 0 bridgehead atoms. The first-order valence-corrected chi connectivity index (χ1v) is 7.58. The summed E-state index contributed by atoms with van der Waals surface area (Å²) in [5.41, 5.74) is 1.82. The first kappa shape index (κ1) is 15.7. The molecule has 0 aliphatic carbocycles. The fraction of sp³-hybridized carbons (Fsp3) is 0.625. The third-order valence-corrected chi connectivity index (χ3v) is 3.20. The molecule has 0 fully saturated rings. The normalized spacial score (nSPS) is 10.4. The van der Waals surface area contributed by atoms with Gasteiger partial charge < -0.3 is 15.7 Å². The van der Waals surface area contributed by atoms with E-state index in [-0.39, 0.29) is 0 Å². The molecule has 0 aliphatic heterocycles. The largest absolute Gasteiger partial charge is 0.506 e. The van der Waals surface area contributed by atoms with Crippen LogP contribution in [0, 0.1) is 0 Å². The molecular formula is C16H28N2O. The minimum absolute atomic E-state index is 0.331. The molecule has 0 unspecified atom stereocenters. The van der Waals surface area contributed by atoms with Gasteiger partial charge >= 0.3 is 0 Å². The standard InChI is InChI=1S/C16H28N2O/c1-3-5-7-11-17-14-9-10-15(16(19)13-14)18-12-8-6-4-2/h9-10,13,17-19H,3-8,11-12H2,1-2H3. The Bertz CT molecular complexity index is 353. The van der Waals surface area contributed by atoms with Crippen LogP contribution in [-0.4, -0.2) is 18.2 Å². The van der Waals surface area contributed by atoms with Gasteiger partial charge in [-0.15, -0.1) is 0 Å². The number of anilines is 2. The highest BCUT2D eigenvalue weighted by molar-refractivity contribution is 5.63. The number of nitrogens with one attached hydrogen (secondary N) is 2. The molecule has 1 aromatic carbocycles. The molecule has 0 aromatic heterocycles. The predicted octanol–water partition coefficient (Wildman–Crippen LogP) is 4.60. The summed E-state index contributed by atoms with van der Waals surface area (Å²) >= 11 is 0. The summed E-state index contributed by atoms with van der Waals surface area (Å²) in [7, 11) is 0. The minimum atomic E-state index is 0.331. The summed E-state index contributed by atoms with van der Waals surface area (Å²) in [5, 5.41) is 16.6. The molecule has 0 spiro atoms. The first-order chi connectivity index (χ1) is 9.27. The Morgan fingerprint density at radius 2 is 1.53 bits per heavy atom. The second-order valence-electron chi connectivity index (χ2n) is 5.00. The Kier molecular flexibility index (Phi) is 7.87. The molecule has 0 atom stereocenters. The lowest BCUT2D eigenvalue weighted by atomic mass is 10.2. The van der Waals surface area contributed by atoms with Gasteiger partial charge in [0.05, 0.1) is 5.69 Å². The summed E-state index contributed by atoms with van der Waals surface area (Å²) in [6.07, 6.45) is 7.24. The SMILES string of the molecule is CCCCCNc1ccc(NCCCCC)c(O)c1. The van der Waals surface area contributed by atoms with E-state index in [1.807, 2.05) is 12.1 Å². The number of hydrogen-bond acceptors (Lipinski definition) is 3. The number of rotatable bonds is 10. The van der Waals surface area contributed by atoms with Crippen LogP contribution in [0.5, 0.6) is 5.75 Å². The van der Waals surface area contributed by atoms with Crippen LogP contribution < -0.4 is 10.6 Å². The maximum Gasteiger partial charge on any atom is 0.140 e. The Hall–Kier alpha value is -1.38. The molecule has 3 heteroatoms. The first-order valence-electron chi connectivity index (χ1n) is 7.58. The van der Waals surface area contributed by atoms with Crippen molar-refractivity contribution in [3.05, 3.63) is 18.2 Å². The average molecular weight is 264 g/mol. The van der Waals surface area contributed by atoms with E-state index in [0.29, 0.717) is 5.75 Å². The molecule has 0 heterocycles. The van der Waals surface area contributed by atoms with Gasteiger partial charge in [0.1, 0.15) is 5.75 Å². The maximum absolute atomic E-state index is 9.95. The molecule has 0 radical (unpaired) electrons. The summed E-state index contributed by atoms with van der Waals surface area (Å²) in [5.74, 6) is 0.331. The molecule has 0 saturated heterocycles. The van der Waals surface area contributed by atoms with Gasteiger partial charge in [-0.3, -0.25) is 0 Å². The van der Waals surface area contributed by atoms with Crippen molar-refractivity contribution in [3.63, 3.8) is 0 Å². The van der Waals surface area contributed by atoms with Crippen LogP contribution in [0.1, 0.15) is 52.4 Å². The quantitative estimate of drug-likeness (QED) is 0.427. The zero-order valence-electron chi connectivity index (χ0n) is 12.3. The average Bonchev–Trinajstić information content (AvgIpc) is 2.42. The van der Waals surface area contributed by atoms with E-state index in [1.54, 1.807) is 6.07 Å². The van der Waals surface area contributed by atoms with Crippen LogP contribution in [0.15, 0.2) is 18.2 Å². The van der Waals surface area contributed by atoms with E-state index in [9.17, 15) is 5.11 Å². The van der Waals surface area contributed by atoms with Crippen molar-refractivity contribution in [2.45, 2.75) is 52.4 Å². The molecule has 0 saturated carbocycles. The molecule has 1 aromatic rings. The van der Waals surface area contributed by atoms with E-state index in [0.717, 1.165) is 30.9 Å². The Balaban J connectivity index is 2.36. The third kappa shape index (κ3) is 6.37. The fourth-order valence-corrected chi connectivity index (χ4v) is 2.00. The molecule has 3 nitrogen and oxygen atoms in total. The van der Waals surface area contributed by atoms with Crippen molar-refractivity contribution >= 4 is 11.4 Å². The van der Waals surface area contributed by atoms with Gasteiger partial charge in [0.2, 0.25) is 0 Å². The smallest absolute Gasteiger partial charge is 0.140 e. The Morgan fingerprint density at radius 3 is 2.11 bits per heavy atom. The summed E-state index contributed by atoms with van der Waals surface area (Å²) in [6, 6.07) is 5.77. The number of phenolic OH excluding ortho intramolecular Hbond substituents is 1. The third-order valence-electron chi connectivity index (χ3n) is 3.20. The highest BCUT2D eigenvalue weighted by Gasteiger charge is 2.01. The van der Waals surface area contributed by atoms with Crippen molar-refractivity contribution in [2.75, 3.05) is 23.7 Å². The molecule has 3 N–H and O–H groups in total. The van der Waals surface area contributed by atoms with Crippen molar-refractivity contribution < 1.29 is 5.11 Å².